The lowest BCUT2D eigenvalue weighted by molar-refractivity contribution is -0.00607. The van der Waals surface area contributed by atoms with Gasteiger partial charge in [0.2, 0.25) is 0 Å². The van der Waals surface area contributed by atoms with E-state index < -0.39 is 12.3 Å². The monoisotopic (exact) mass is 226 g/mol. The minimum atomic E-state index is -1.63. The Hall–Kier alpha value is -2.60. The van der Waals surface area contributed by atoms with E-state index in [0.717, 1.165) is 6.08 Å². The van der Waals surface area contributed by atoms with E-state index in [9.17, 15) is 9.59 Å². The molecule has 1 rings (SSSR count). The number of hydrogen-bond acceptors (Lipinski definition) is 4. The molecule has 0 spiro atoms. The summed E-state index contributed by atoms with van der Waals surface area (Å²) in [6.45, 7) is 0. The first-order valence-corrected chi connectivity index (χ1v) is 3.97. The summed E-state index contributed by atoms with van der Waals surface area (Å²) in [5.74, 6) is -0.615. The van der Waals surface area contributed by atoms with E-state index in [1.807, 2.05) is 0 Å². The van der Waals surface area contributed by atoms with Crippen molar-refractivity contribution in [2.24, 2.45) is 0 Å². The zero-order valence-corrected chi connectivity index (χ0v) is 7.78. The first-order valence-electron chi connectivity index (χ1n) is 3.97. The summed E-state index contributed by atoms with van der Waals surface area (Å²) in [5.41, 5.74) is 8.58. The van der Waals surface area contributed by atoms with Gasteiger partial charge in [-0.2, -0.15) is 4.79 Å². The number of carboxylic acid groups (broad SMARTS) is 2. The molecule has 0 aromatic carbocycles. The maximum absolute atomic E-state index is 10.3. The third-order valence-electron chi connectivity index (χ3n) is 1.56. The van der Waals surface area contributed by atoms with Crippen LogP contribution in [0.25, 0.3) is 5.53 Å². The summed E-state index contributed by atoms with van der Waals surface area (Å²) in [7, 11) is 0. The highest BCUT2D eigenvalue weighted by Gasteiger charge is 2.23. The summed E-state index contributed by atoms with van der Waals surface area (Å²) in [5, 5.41) is 16.7. The highest BCUT2D eigenvalue weighted by atomic mass is 16.7. The minimum Gasteiger partial charge on any atom is -0.449 e. The Kier molecular flexibility index (Phi) is 3.41. The van der Waals surface area contributed by atoms with Crippen LogP contribution in [-0.4, -0.2) is 33.0 Å². The average Bonchev–Trinajstić information content (AvgIpc) is 2.19. The Labute approximate surface area is 88.6 Å². The molecule has 0 aromatic rings. The Morgan fingerprint density at radius 2 is 1.81 bits per heavy atom. The molecule has 0 radical (unpaired) electrons. The van der Waals surface area contributed by atoms with Gasteiger partial charge in [0, 0.05) is 0 Å². The number of rotatable bonds is 2. The van der Waals surface area contributed by atoms with Gasteiger partial charge in [-0.1, -0.05) is 0 Å². The van der Waals surface area contributed by atoms with Crippen LogP contribution in [0, 0.1) is 0 Å². The van der Waals surface area contributed by atoms with Crippen molar-refractivity contribution in [1.29, 1.82) is 0 Å². The van der Waals surface area contributed by atoms with Gasteiger partial charge in [-0.05, 0) is 6.08 Å². The van der Waals surface area contributed by atoms with Gasteiger partial charge in [0.15, 0.2) is 11.5 Å². The Morgan fingerprint density at radius 3 is 2.31 bits per heavy atom. The molecule has 0 amide bonds. The van der Waals surface area contributed by atoms with Gasteiger partial charge >= 0.3 is 12.3 Å². The van der Waals surface area contributed by atoms with Gasteiger partial charge in [0.1, 0.15) is 0 Å². The molecule has 8 heteroatoms. The number of hydrogen-bond donors (Lipinski definition) is 2. The smallest absolute Gasteiger partial charge is 0.449 e. The standard InChI is InChI=1S/C8H6N2O6/c9-10-4-1-2-5(15-7(11)12)6(3-4)16-8(13)14/h2-3H,1H2,(H,11,12)(H,13,14). The van der Waals surface area contributed by atoms with E-state index in [2.05, 4.69) is 14.3 Å². The molecule has 1 aliphatic carbocycles. The summed E-state index contributed by atoms with van der Waals surface area (Å²) in [6, 6.07) is 0. The molecule has 0 saturated carbocycles. The van der Waals surface area contributed by atoms with Crippen LogP contribution >= 0.6 is 0 Å². The Balaban J connectivity index is 2.96. The predicted octanol–water partition coefficient (Wildman–Crippen LogP) is 1.22. The van der Waals surface area contributed by atoms with Gasteiger partial charge < -0.3 is 25.2 Å². The third-order valence-corrected chi connectivity index (χ3v) is 1.56. The molecule has 0 aromatic heterocycles. The van der Waals surface area contributed by atoms with E-state index in [0.29, 0.717) is 0 Å². The lowest BCUT2D eigenvalue weighted by atomic mass is 10.1. The fraction of sp³-hybridized carbons (Fsp3) is 0.125. The maximum Gasteiger partial charge on any atom is 0.511 e. The van der Waals surface area contributed by atoms with Gasteiger partial charge in [-0.15, -0.1) is 0 Å². The van der Waals surface area contributed by atoms with Crippen molar-refractivity contribution in [3.8, 4) is 0 Å². The zero-order chi connectivity index (χ0) is 12.1. The van der Waals surface area contributed by atoms with Crippen molar-refractivity contribution in [3.63, 3.8) is 0 Å². The molecule has 2 N–H and O–H groups in total. The van der Waals surface area contributed by atoms with Crippen LogP contribution in [0.4, 0.5) is 9.59 Å². The normalized spacial score (nSPS) is 14.4. The van der Waals surface area contributed by atoms with E-state index in [-0.39, 0.29) is 23.7 Å². The second-order valence-electron chi connectivity index (χ2n) is 2.61. The molecule has 0 saturated heterocycles. The molecule has 16 heavy (non-hydrogen) atoms. The van der Waals surface area contributed by atoms with Crippen molar-refractivity contribution in [1.82, 2.24) is 0 Å². The van der Waals surface area contributed by atoms with Crippen LogP contribution < -0.4 is 0 Å². The number of carbonyl (C=O) groups is 2. The van der Waals surface area contributed by atoms with Crippen LogP contribution in [0.15, 0.2) is 23.7 Å². The first-order chi connectivity index (χ1) is 7.52. The largest absolute Gasteiger partial charge is 0.511 e. The van der Waals surface area contributed by atoms with E-state index in [4.69, 9.17) is 15.7 Å². The van der Waals surface area contributed by atoms with Crippen LogP contribution in [0.2, 0.25) is 0 Å². The Morgan fingerprint density at radius 1 is 1.25 bits per heavy atom. The molecular formula is C8H6N2O6. The van der Waals surface area contributed by atoms with Gasteiger partial charge in [-0.25, -0.2) is 9.59 Å². The molecule has 0 fully saturated rings. The quantitative estimate of drug-likeness (QED) is 0.413. The fourth-order valence-electron chi connectivity index (χ4n) is 1.01. The maximum atomic E-state index is 10.3. The number of nitrogens with zero attached hydrogens (tertiary/aromatic N) is 2. The number of allylic oxidation sites excluding steroid dienone is 2. The lowest BCUT2D eigenvalue weighted by Gasteiger charge is -2.10. The molecule has 84 valence electrons. The fourth-order valence-corrected chi connectivity index (χ4v) is 1.01. The summed E-state index contributed by atoms with van der Waals surface area (Å²) >= 11 is 0. The molecule has 0 unspecified atom stereocenters. The topological polar surface area (TPSA) is 129 Å². The van der Waals surface area contributed by atoms with Crippen molar-refractivity contribution in [2.75, 3.05) is 0 Å². The van der Waals surface area contributed by atoms with Crippen LogP contribution in [0.3, 0.4) is 0 Å². The van der Waals surface area contributed by atoms with Crippen molar-refractivity contribution in [3.05, 3.63) is 29.2 Å². The summed E-state index contributed by atoms with van der Waals surface area (Å²) in [6.07, 6.45) is -0.847. The van der Waals surface area contributed by atoms with E-state index in [1.54, 1.807) is 0 Å². The summed E-state index contributed by atoms with van der Waals surface area (Å²) in [4.78, 5) is 23.4. The molecule has 0 aliphatic heterocycles. The van der Waals surface area contributed by atoms with Crippen molar-refractivity contribution >= 4 is 18.0 Å². The lowest BCUT2D eigenvalue weighted by Crippen LogP contribution is -2.14. The van der Waals surface area contributed by atoms with E-state index >= 15 is 0 Å². The highest BCUT2D eigenvalue weighted by Crippen LogP contribution is 2.19. The first kappa shape index (κ1) is 11.5. The molecule has 0 heterocycles. The number of ether oxygens (including phenoxy) is 2. The van der Waals surface area contributed by atoms with Gasteiger partial charge in [-0.3, -0.25) is 0 Å². The summed E-state index contributed by atoms with van der Waals surface area (Å²) < 4.78 is 8.55. The molecule has 0 atom stereocenters. The van der Waals surface area contributed by atoms with Crippen LogP contribution in [-0.2, 0) is 9.47 Å². The highest BCUT2D eigenvalue weighted by molar-refractivity contribution is 5.94. The average molecular weight is 226 g/mol. The van der Waals surface area contributed by atoms with Crippen LogP contribution in [0.1, 0.15) is 6.42 Å². The van der Waals surface area contributed by atoms with Crippen LogP contribution in [0.5, 0.6) is 0 Å². The molecule has 1 aliphatic rings. The SMILES string of the molecule is [N-]=[N+]=C1C=C(OC(=O)O)C(OC(=O)O)=CC1. The van der Waals surface area contributed by atoms with Gasteiger partial charge in [0.25, 0.3) is 5.71 Å². The second-order valence-corrected chi connectivity index (χ2v) is 2.61. The van der Waals surface area contributed by atoms with Gasteiger partial charge in [0.05, 0.1) is 12.5 Å². The minimum absolute atomic E-state index is 0.103. The second kappa shape index (κ2) is 4.76. The van der Waals surface area contributed by atoms with Crippen molar-refractivity contribution < 1.29 is 34.1 Å². The third kappa shape index (κ3) is 2.96. The molecular weight excluding hydrogens is 220 g/mol. The molecule has 0 bridgehead atoms. The zero-order valence-electron chi connectivity index (χ0n) is 7.78. The van der Waals surface area contributed by atoms with Crippen molar-refractivity contribution in [2.45, 2.75) is 6.42 Å². The Bertz CT molecular complexity index is 443. The van der Waals surface area contributed by atoms with E-state index in [1.165, 1.54) is 6.08 Å². The predicted molar refractivity (Wildman–Crippen MR) is 47.6 cm³/mol. The molecule has 8 nitrogen and oxygen atoms in total.